The lowest BCUT2D eigenvalue weighted by Crippen LogP contribution is -2.62. The molecule has 1 N–H and O–H groups in total. The van der Waals surface area contributed by atoms with Gasteiger partial charge in [0.1, 0.15) is 11.8 Å². The number of rotatable bonds is 3. The zero-order chi connectivity index (χ0) is 10.0. The van der Waals surface area contributed by atoms with Gasteiger partial charge in [-0.25, -0.2) is 4.79 Å². The molecular weight excluding hydrogens is 174 g/mol. The Morgan fingerprint density at radius 3 is 2.54 bits per heavy atom. The summed E-state index contributed by atoms with van der Waals surface area (Å²) in [4.78, 5) is 32.6. The lowest BCUT2D eigenvalue weighted by molar-refractivity contribution is -0.156. The molecule has 0 aliphatic carbocycles. The lowest BCUT2D eigenvalue weighted by Gasteiger charge is -2.33. The van der Waals surface area contributed by atoms with Crippen LogP contribution in [0, 0.1) is 5.92 Å². The van der Waals surface area contributed by atoms with E-state index in [2.05, 4.69) is 10.1 Å². The van der Waals surface area contributed by atoms with Crippen molar-refractivity contribution >= 4 is 17.7 Å². The molecule has 0 aromatic carbocycles. The van der Waals surface area contributed by atoms with Crippen LogP contribution in [0.4, 0.5) is 0 Å². The minimum Gasteiger partial charge on any atom is -0.467 e. The normalized spacial score (nSPS) is 25.8. The van der Waals surface area contributed by atoms with Gasteiger partial charge in [0, 0.05) is 6.42 Å². The number of amides is 1. The number of carbonyl (C=O) groups excluding carboxylic acids is 3. The number of ketones is 1. The van der Waals surface area contributed by atoms with Crippen LogP contribution in [-0.4, -0.2) is 30.8 Å². The predicted octanol–water partition coefficient (Wildman–Crippen LogP) is -0.747. The van der Waals surface area contributed by atoms with Gasteiger partial charge in [-0.15, -0.1) is 0 Å². The fourth-order valence-corrected chi connectivity index (χ4v) is 1.29. The molecule has 1 aliphatic heterocycles. The van der Waals surface area contributed by atoms with E-state index in [1.807, 2.05) is 0 Å². The topological polar surface area (TPSA) is 72.5 Å². The van der Waals surface area contributed by atoms with E-state index in [1.54, 1.807) is 0 Å². The van der Waals surface area contributed by atoms with E-state index in [4.69, 9.17) is 0 Å². The fraction of sp³-hybridized carbons (Fsp3) is 0.625. The number of carbonyl (C=O) groups is 3. The second kappa shape index (κ2) is 3.55. The van der Waals surface area contributed by atoms with E-state index < -0.39 is 17.9 Å². The molecule has 1 saturated heterocycles. The zero-order valence-electron chi connectivity index (χ0n) is 7.49. The molecule has 13 heavy (non-hydrogen) atoms. The van der Waals surface area contributed by atoms with E-state index in [9.17, 15) is 14.4 Å². The monoisotopic (exact) mass is 185 g/mol. The maximum atomic E-state index is 11.0. The third-order valence-electron chi connectivity index (χ3n) is 2.00. The summed E-state index contributed by atoms with van der Waals surface area (Å²) in [6.45, 7) is 1.39. The van der Waals surface area contributed by atoms with Crippen LogP contribution < -0.4 is 5.32 Å². The third-order valence-corrected chi connectivity index (χ3v) is 2.00. The number of methoxy groups -OCH3 is 1. The van der Waals surface area contributed by atoms with E-state index >= 15 is 0 Å². The highest BCUT2D eigenvalue weighted by Gasteiger charge is 2.45. The SMILES string of the molecule is COC(=O)[C@H]1NC(=O)[C@H]1CC(C)=O. The molecule has 0 bridgehead atoms. The van der Waals surface area contributed by atoms with Crippen LogP contribution in [0.2, 0.25) is 0 Å². The Labute approximate surface area is 75.4 Å². The summed E-state index contributed by atoms with van der Waals surface area (Å²) in [5.74, 6) is -1.39. The summed E-state index contributed by atoms with van der Waals surface area (Å²) in [6, 6.07) is -0.638. The quantitative estimate of drug-likeness (QED) is 0.464. The predicted molar refractivity (Wildman–Crippen MR) is 42.7 cm³/mol. The minimum atomic E-state index is -0.638. The van der Waals surface area contributed by atoms with Crippen LogP contribution >= 0.6 is 0 Å². The first-order valence-corrected chi connectivity index (χ1v) is 3.94. The molecule has 0 radical (unpaired) electrons. The zero-order valence-corrected chi connectivity index (χ0v) is 7.49. The van der Waals surface area contributed by atoms with E-state index in [-0.39, 0.29) is 18.1 Å². The molecule has 1 rings (SSSR count). The summed E-state index contributed by atoms with van der Waals surface area (Å²) in [5.41, 5.74) is 0. The summed E-state index contributed by atoms with van der Waals surface area (Å²) >= 11 is 0. The average molecular weight is 185 g/mol. The smallest absolute Gasteiger partial charge is 0.329 e. The van der Waals surface area contributed by atoms with Crippen molar-refractivity contribution in [2.45, 2.75) is 19.4 Å². The molecule has 5 nitrogen and oxygen atoms in total. The van der Waals surface area contributed by atoms with Gasteiger partial charge in [0.2, 0.25) is 5.91 Å². The molecule has 1 amide bonds. The molecule has 2 atom stereocenters. The molecule has 1 fully saturated rings. The van der Waals surface area contributed by atoms with Crippen molar-refractivity contribution in [2.75, 3.05) is 7.11 Å². The van der Waals surface area contributed by atoms with E-state index in [0.717, 1.165) is 0 Å². The molecule has 0 spiro atoms. The molecule has 1 heterocycles. The number of hydrogen-bond donors (Lipinski definition) is 1. The Hall–Kier alpha value is -1.39. The summed E-state index contributed by atoms with van der Waals surface area (Å²) in [6.07, 6.45) is 0.103. The lowest BCUT2D eigenvalue weighted by atomic mass is 9.86. The van der Waals surface area contributed by atoms with Gasteiger partial charge >= 0.3 is 5.97 Å². The van der Waals surface area contributed by atoms with Crippen LogP contribution in [0.15, 0.2) is 0 Å². The van der Waals surface area contributed by atoms with Crippen molar-refractivity contribution < 1.29 is 19.1 Å². The second-order valence-corrected chi connectivity index (χ2v) is 3.02. The van der Waals surface area contributed by atoms with Crippen molar-refractivity contribution in [3.05, 3.63) is 0 Å². The number of Topliss-reactive ketones (excluding diaryl/α,β-unsaturated/α-hetero) is 1. The molecule has 1 aliphatic rings. The Morgan fingerprint density at radius 2 is 2.15 bits per heavy atom. The highest BCUT2D eigenvalue weighted by Crippen LogP contribution is 2.20. The van der Waals surface area contributed by atoms with Gasteiger partial charge in [-0.2, -0.15) is 0 Å². The Balaban J connectivity index is 2.56. The van der Waals surface area contributed by atoms with Crippen LogP contribution in [0.5, 0.6) is 0 Å². The van der Waals surface area contributed by atoms with E-state index in [1.165, 1.54) is 14.0 Å². The van der Waals surface area contributed by atoms with Crippen LogP contribution in [-0.2, 0) is 19.1 Å². The van der Waals surface area contributed by atoms with Gasteiger partial charge in [-0.1, -0.05) is 0 Å². The van der Waals surface area contributed by atoms with E-state index in [0.29, 0.717) is 0 Å². The number of esters is 1. The number of nitrogens with one attached hydrogen (secondary N) is 1. The molecular formula is C8H11NO4. The fourth-order valence-electron chi connectivity index (χ4n) is 1.29. The molecule has 0 saturated carbocycles. The molecule has 0 unspecified atom stereocenters. The average Bonchev–Trinajstić information content (AvgIpc) is 2.09. The van der Waals surface area contributed by atoms with Crippen LogP contribution in [0.1, 0.15) is 13.3 Å². The van der Waals surface area contributed by atoms with Crippen molar-refractivity contribution in [1.82, 2.24) is 5.32 Å². The number of hydrogen-bond acceptors (Lipinski definition) is 4. The molecule has 0 aromatic rings. The highest BCUT2D eigenvalue weighted by atomic mass is 16.5. The maximum absolute atomic E-state index is 11.0. The minimum absolute atomic E-state index is 0.103. The molecule has 5 heteroatoms. The van der Waals surface area contributed by atoms with Gasteiger partial charge in [0.25, 0.3) is 0 Å². The first kappa shape index (κ1) is 9.70. The summed E-state index contributed by atoms with van der Waals surface area (Å²) < 4.78 is 4.45. The maximum Gasteiger partial charge on any atom is 0.329 e. The summed E-state index contributed by atoms with van der Waals surface area (Å²) in [5, 5.41) is 2.38. The van der Waals surface area contributed by atoms with Crippen molar-refractivity contribution in [2.24, 2.45) is 5.92 Å². The second-order valence-electron chi connectivity index (χ2n) is 3.02. The van der Waals surface area contributed by atoms with Gasteiger partial charge in [0.15, 0.2) is 0 Å². The van der Waals surface area contributed by atoms with Gasteiger partial charge in [-0.3, -0.25) is 4.79 Å². The Morgan fingerprint density at radius 1 is 1.54 bits per heavy atom. The number of ether oxygens (including phenoxy) is 1. The van der Waals surface area contributed by atoms with Crippen molar-refractivity contribution in [3.8, 4) is 0 Å². The third kappa shape index (κ3) is 1.85. The molecule has 72 valence electrons. The van der Waals surface area contributed by atoms with Crippen molar-refractivity contribution in [3.63, 3.8) is 0 Å². The number of β-lactam (4-membered cyclic amide) rings is 1. The van der Waals surface area contributed by atoms with Crippen molar-refractivity contribution in [1.29, 1.82) is 0 Å². The van der Waals surface area contributed by atoms with Gasteiger partial charge < -0.3 is 14.8 Å². The standard InChI is InChI=1S/C8H11NO4/c1-4(10)3-5-6(8(12)13-2)9-7(5)11/h5-6H,3H2,1-2H3,(H,9,11)/t5-,6-/m0/s1. The van der Waals surface area contributed by atoms with Gasteiger partial charge in [0.05, 0.1) is 13.0 Å². The first-order valence-electron chi connectivity index (χ1n) is 3.94. The molecule has 0 aromatic heterocycles. The van der Waals surface area contributed by atoms with Crippen LogP contribution in [0.25, 0.3) is 0 Å². The first-order chi connectivity index (χ1) is 6.06. The highest BCUT2D eigenvalue weighted by molar-refractivity contribution is 5.99. The van der Waals surface area contributed by atoms with Gasteiger partial charge in [-0.05, 0) is 6.92 Å². The Bertz CT molecular complexity index is 261. The van der Waals surface area contributed by atoms with Crippen LogP contribution in [0.3, 0.4) is 0 Å². The Kier molecular flexibility index (Phi) is 2.65. The largest absolute Gasteiger partial charge is 0.467 e. The summed E-state index contributed by atoms with van der Waals surface area (Å²) in [7, 11) is 1.25.